The Bertz CT molecular complexity index is 365. The second kappa shape index (κ2) is 3.24. The number of phenolic OH excluding ortho intramolecular Hbond substituents is 1. The molecule has 0 aromatic heterocycles. The summed E-state index contributed by atoms with van der Waals surface area (Å²) >= 11 is 0. The number of hydrogen-bond acceptors (Lipinski definition) is 2. The maximum atomic E-state index is 9.53. The zero-order chi connectivity index (χ0) is 10.3. The van der Waals surface area contributed by atoms with E-state index >= 15 is 0 Å². The van der Waals surface area contributed by atoms with Crippen LogP contribution in [-0.2, 0) is 5.41 Å². The van der Waals surface area contributed by atoms with E-state index in [1.165, 1.54) is 31.2 Å². The second-order valence-electron chi connectivity index (χ2n) is 4.86. The van der Waals surface area contributed by atoms with Crippen LogP contribution in [0.25, 0.3) is 0 Å². The average Bonchev–Trinajstić information content (AvgIpc) is 2.87. The lowest BCUT2D eigenvalue weighted by Crippen LogP contribution is -2.34. The van der Waals surface area contributed by atoms with Crippen LogP contribution in [0.1, 0.15) is 31.2 Å². The molecule has 2 nitrogen and oxygen atoms in total. The molecule has 1 saturated heterocycles. The Morgan fingerprint density at radius 1 is 1.33 bits per heavy atom. The molecule has 1 aliphatic carbocycles. The normalized spacial score (nSPS) is 27.9. The molecule has 1 atom stereocenters. The molecule has 1 saturated carbocycles. The summed E-state index contributed by atoms with van der Waals surface area (Å²) in [6.45, 7) is 1.16. The molecule has 2 fully saturated rings. The van der Waals surface area contributed by atoms with Crippen LogP contribution >= 0.6 is 0 Å². The molecule has 15 heavy (non-hydrogen) atoms. The van der Waals surface area contributed by atoms with Gasteiger partial charge < -0.3 is 10.4 Å². The molecule has 3 rings (SSSR count). The summed E-state index contributed by atoms with van der Waals surface area (Å²) in [5.74, 6) is 0.400. The topological polar surface area (TPSA) is 32.3 Å². The SMILES string of the molecule is Oc1cccc(C2(C3CCCN3)CC2)c1. The lowest BCUT2D eigenvalue weighted by atomic mass is 9.87. The highest BCUT2D eigenvalue weighted by Crippen LogP contribution is 2.53. The van der Waals surface area contributed by atoms with Crippen LogP contribution in [-0.4, -0.2) is 17.7 Å². The van der Waals surface area contributed by atoms with Crippen LogP contribution in [0.2, 0.25) is 0 Å². The van der Waals surface area contributed by atoms with Crippen molar-refractivity contribution >= 4 is 0 Å². The summed E-state index contributed by atoms with van der Waals surface area (Å²) in [5, 5.41) is 13.1. The highest BCUT2D eigenvalue weighted by Gasteiger charge is 2.51. The summed E-state index contributed by atoms with van der Waals surface area (Å²) in [5.41, 5.74) is 1.66. The highest BCUT2D eigenvalue weighted by atomic mass is 16.3. The highest BCUT2D eigenvalue weighted by molar-refractivity contribution is 5.39. The van der Waals surface area contributed by atoms with Gasteiger partial charge in [0.25, 0.3) is 0 Å². The van der Waals surface area contributed by atoms with E-state index in [1.54, 1.807) is 6.07 Å². The molecule has 1 aliphatic heterocycles. The van der Waals surface area contributed by atoms with E-state index in [1.807, 2.05) is 12.1 Å². The smallest absolute Gasteiger partial charge is 0.115 e. The minimum atomic E-state index is 0.342. The quantitative estimate of drug-likeness (QED) is 0.772. The van der Waals surface area contributed by atoms with Gasteiger partial charge in [0.1, 0.15) is 5.75 Å². The number of aromatic hydroxyl groups is 1. The van der Waals surface area contributed by atoms with Crippen molar-refractivity contribution in [3.63, 3.8) is 0 Å². The van der Waals surface area contributed by atoms with E-state index in [0.29, 0.717) is 17.2 Å². The maximum Gasteiger partial charge on any atom is 0.115 e. The van der Waals surface area contributed by atoms with Gasteiger partial charge in [-0.15, -0.1) is 0 Å². The van der Waals surface area contributed by atoms with Gasteiger partial charge in [-0.3, -0.25) is 0 Å². The van der Waals surface area contributed by atoms with E-state index in [-0.39, 0.29) is 0 Å². The van der Waals surface area contributed by atoms with E-state index in [4.69, 9.17) is 0 Å². The Kier molecular flexibility index (Phi) is 1.99. The molecule has 2 heteroatoms. The van der Waals surface area contributed by atoms with Gasteiger partial charge in [0.2, 0.25) is 0 Å². The van der Waals surface area contributed by atoms with Gasteiger partial charge in [0.05, 0.1) is 0 Å². The Labute approximate surface area is 90.3 Å². The summed E-state index contributed by atoms with van der Waals surface area (Å²) in [4.78, 5) is 0. The van der Waals surface area contributed by atoms with Crippen molar-refractivity contribution in [2.24, 2.45) is 0 Å². The number of benzene rings is 1. The van der Waals surface area contributed by atoms with Gasteiger partial charge in [-0.05, 0) is 49.9 Å². The van der Waals surface area contributed by atoms with Crippen LogP contribution in [0, 0.1) is 0 Å². The molecule has 0 radical (unpaired) electrons. The first-order chi connectivity index (χ1) is 7.31. The van der Waals surface area contributed by atoms with Gasteiger partial charge in [-0.2, -0.15) is 0 Å². The third-order valence-corrected chi connectivity index (χ3v) is 3.94. The molecule has 0 amide bonds. The Hall–Kier alpha value is -1.02. The van der Waals surface area contributed by atoms with Gasteiger partial charge in [-0.1, -0.05) is 12.1 Å². The maximum absolute atomic E-state index is 9.53. The molecule has 2 aliphatic rings. The predicted molar refractivity (Wildman–Crippen MR) is 60.0 cm³/mol. The Morgan fingerprint density at radius 2 is 2.20 bits per heavy atom. The van der Waals surface area contributed by atoms with Gasteiger partial charge in [0, 0.05) is 11.5 Å². The lowest BCUT2D eigenvalue weighted by molar-refractivity contribution is 0.457. The first-order valence-corrected chi connectivity index (χ1v) is 5.84. The molecule has 80 valence electrons. The first-order valence-electron chi connectivity index (χ1n) is 5.84. The van der Waals surface area contributed by atoms with Gasteiger partial charge >= 0.3 is 0 Å². The van der Waals surface area contributed by atoms with Crippen LogP contribution in [0.15, 0.2) is 24.3 Å². The molecular weight excluding hydrogens is 186 g/mol. The molecule has 1 unspecified atom stereocenters. The molecule has 1 aromatic carbocycles. The lowest BCUT2D eigenvalue weighted by Gasteiger charge is -2.23. The number of nitrogens with one attached hydrogen (secondary N) is 1. The Balaban J connectivity index is 1.92. The van der Waals surface area contributed by atoms with E-state index in [2.05, 4.69) is 11.4 Å². The minimum Gasteiger partial charge on any atom is -0.508 e. The predicted octanol–water partition coefficient (Wildman–Crippen LogP) is 2.18. The Morgan fingerprint density at radius 3 is 2.80 bits per heavy atom. The molecule has 0 bridgehead atoms. The minimum absolute atomic E-state index is 0.342. The summed E-state index contributed by atoms with van der Waals surface area (Å²) in [7, 11) is 0. The van der Waals surface area contributed by atoms with E-state index in [9.17, 15) is 5.11 Å². The number of phenols is 1. The third-order valence-electron chi connectivity index (χ3n) is 3.94. The van der Waals surface area contributed by atoms with Crippen molar-refractivity contribution in [2.75, 3.05) is 6.54 Å². The zero-order valence-electron chi connectivity index (χ0n) is 8.87. The standard InChI is InChI=1S/C13H17NO/c15-11-4-1-3-10(9-11)13(6-7-13)12-5-2-8-14-12/h1,3-4,9,12,14-15H,2,5-8H2. The fourth-order valence-corrected chi connectivity index (χ4v) is 2.94. The van der Waals surface area contributed by atoms with Crippen molar-refractivity contribution in [3.8, 4) is 5.75 Å². The number of hydrogen-bond donors (Lipinski definition) is 2. The van der Waals surface area contributed by atoms with Crippen molar-refractivity contribution in [1.82, 2.24) is 5.32 Å². The van der Waals surface area contributed by atoms with Crippen LogP contribution in [0.3, 0.4) is 0 Å². The zero-order valence-corrected chi connectivity index (χ0v) is 8.87. The van der Waals surface area contributed by atoms with Crippen molar-refractivity contribution in [1.29, 1.82) is 0 Å². The summed E-state index contributed by atoms with van der Waals surface area (Å²) < 4.78 is 0. The van der Waals surface area contributed by atoms with Crippen molar-refractivity contribution in [3.05, 3.63) is 29.8 Å². The molecular formula is C13H17NO. The average molecular weight is 203 g/mol. The summed E-state index contributed by atoms with van der Waals surface area (Å²) in [6, 6.07) is 8.44. The molecule has 0 spiro atoms. The largest absolute Gasteiger partial charge is 0.508 e. The summed E-state index contributed by atoms with van der Waals surface area (Å²) in [6.07, 6.45) is 5.13. The molecule has 1 heterocycles. The third kappa shape index (κ3) is 1.44. The van der Waals surface area contributed by atoms with E-state index < -0.39 is 0 Å². The first kappa shape index (κ1) is 9.22. The van der Waals surface area contributed by atoms with Crippen LogP contribution in [0.4, 0.5) is 0 Å². The van der Waals surface area contributed by atoms with Crippen molar-refractivity contribution < 1.29 is 5.11 Å². The van der Waals surface area contributed by atoms with Crippen LogP contribution in [0.5, 0.6) is 5.75 Å². The monoisotopic (exact) mass is 203 g/mol. The fraction of sp³-hybridized carbons (Fsp3) is 0.538. The van der Waals surface area contributed by atoms with E-state index in [0.717, 1.165) is 6.54 Å². The van der Waals surface area contributed by atoms with Gasteiger partial charge in [0.15, 0.2) is 0 Å². The second-order valence-corrected chi connectivity index (χ2v) is 4.86. The fourth-order valence-electron chi connectivity index (χ4n) is 2.94. The van der Waals surface area contributed by atoms with Gasteiger partial charge in [-0.25, -0.2) is 0 Å². The molecule has 1 aromatic rings. The van der Waals surface area contributed by atoms with Crippen molar-refractivity contribution in [2.45, 2.75) is 37.1 Å². The van der Waals surface area contributed by atoms with Crippen LogP contribution < -0.4 is 5.32 Å². The number of rotatable bonds is 2. The molecule has 2 N–H and O–H groups in total.